The molecule has 0 bridgehead atoms. The molecule has 6 unspecified atom stereocenters. The van der Waals surface area contributed by atoms with Gasteiger partial charge < -0.3 is 10.2 Å². The maximum absolute atomic E-state index is 14.3. The lowest BCUT2D eigenvalue weighted by atomic mass is 9.48. The maximum Gasteiger partial charge on any atom is 0.125 e. The largest absolute Gasteiger partial charge is 0.393 e. The van der Waals surface area contributed by atoms with Crippen LogP contribution in [0.25, 0.3) is 0 Å². The van der Waals surface area contributed by atoms with Gasteiger partial charge in [0, 0.05) is 0 Å². The van der Waals surface area contributed by atoms with Crippen molar-refractivity contribution in [2.24, 2.45) is 28.6 Å². The SMILES string of the molecule is CC12CCC(O)CC1=CCC1C2CCC2(C)/C(=C(/F)CO)CCC12. The van der Waals surface area contributed by atoms with Crippen LogP contribution in [-0.2, 0) is 0 Å². The molecule has 2 N–H and O–H groups in total. The summed E-state index contributed by atoms with van der Waals surface area (Å²) in [5.74, 6) is 1.60. The Morgan fingerprint density at radius 3 is 2.62 bits per heavy atom. The van der Waals surface area contributed by atoms with Gasteiger partial charge in [-0.05, 0) is 85.5 Å². The van der Waals surface area contributed by atoms with E-state index in [4.69, 9.17) is 0 Å². The van der Waals surface area contributed by atoms with Gasteiger partial charge >= 0.3 is 0 Å². The Bertz CT molecular complexity index is 595. The van der Waals surface area contributed by atoms with Crippen molar-refractivity contribution in [3.63, 3.8) is 0 Å². The van der Waals surface area contributed by atoms with Gasteiger partial charge in [-0.25, -0.2) is 4.39 Å². The highest BCUT2D eigenvalue weighted by molar-refractivity contribution is 5.30. The molecule has 0 radical (unpaired) electrons. The van der Waals surface area contributed by atoms with Gasteiger partial charge in [-0.1, -0.05) is 25.5 Å². The molecule has 4 aliphatic carbocycles. The third-order valence-corrected chi connectivity index (χ3v) is 8.33. The number of aliphatic hydroxyl groups excluding tert-OH is 2. The molecule has 4 rings (SSSR count). The van der Waals surface area contributed by atoms with Crippen LogP contribution in [0.4, 0.5) is 4.39 Å². The summed E-state index contributed by atoms with van der Waals surface area (Å²) in [5.41, 5.74) is 2.59. The molecule has 0 heterocycles. The molecule has 0 aromatic carbocycles. The minimum Gasteiger partial charge on any atom is -0.393 e. The van der Waals surface area contributed by atoms with Crippen LogP contribution in [0.3, 0.4) is 0 Å². The molecule has 6 atom stereocenters. The Morgan fingerprint density at radius 1 is 1.17 bits per heavy atom. The molecule has 3 heteroatoms. The van der Waals surface area contributed by atoms with Gasteiger partial charge in [0.15, 0.2) is 0 Å². The van der Waals surface area contributed by atoms with Gasteiger partial charge in [-0.15, -0.1) is 0 Å². The van der Waals surface area contributed by atoms with E-state index in [2.05, 4.69) is 19.9 Å². The lowest BCUT2D eigenvalue weighted by Crippen LogP contribution is -2.49. The van der Waals surface area contributed by atoms with Crippen LogP contribution in [0.5, 0.6) is 0 Å². The van der Waals surface area contributed by atoms with E-state index < -0.39 is 6.61 Å². The Balaban J connectivity index is 1.68. The van der Waals surface area contributed by atoms with Crippen LogP contribution in [-0.4, -0.2) is 22.9 Å². The number of rotatable bonds is 1. The summed E-state index contributed by atoms with van der Waals surface area (Å²) in [4.78, 5) is 0. The topological polar surface area (TPSA) is 40.5 Å². The van der Waals surface area contributed by atoms with Crippen LogP contribution < -0.4 is 0 Å². The molecular weight excluding hydrogens is 303 g/mol. The molecule has 0 spiro atoms. The van der Waals surface area contributed by atoms with Crippen molar-refractivity contribution >= 4 is 0 Å². The van der Waals surface area contributed by atoms with Crippen LogP contribution in [0.1, 0.15) is 65.2 Å². The van der Waals surface area contributed by atoms with Crippen molar-refractivity contribution in [1.82, 2.24) is 0 Å². The zero-order valence-electron chi connectivity index (χ0n) is 15.0. The van der Waals surface area contributed by atoms with Crippen molar-refractivity contribution in [3.05, 3.63) is 23.0 Å². The minimum atomic E-state index is -0.439. The number of fused-ring (bicyclic) bond motifs is 5. The average molecular weight is 334 g/mol. The van der Waals surface area contributed by atoms with Crippen molar-refractivity contribution < 1.29 is 14.6 Å². The molecule has 0 saturated heterocycles. The Labute approximate surface area is 144 Å². The van der Waals surface area contributed by atoms with Crippen molar-refractivity contribution in [2.75, 3.05) is 6.61 Å². The van der Waals surface area contributed by atoms with Crippen LogP contribution in [0.2, 0.25) is 0 Å². The number of hydrogen-bond donors (Lipinski definition) is 2. The summed E-state index contributed by atoms with van der Waals surface area (Å²) >= 11 is 0. The predicted molar refractivity (Wildman–Crippen MR) is 92.9 cm³/mol. The number of hydrogen-bond acceptors (Lipinski definition) is 2. The monoisotopic (exact) mass is 334 g/mol. The average Bonchev–Trinajstić information content (AvgIpc) is 2.92. The van der Waals surface area contributed by atoms with Crippen LogP contribution >= 0.6 is 0 Å². The first-order valence-corrected chi connectivity index (χ1v) is 9.76. The fraction of sp³-hybridized carbons (Fsp3) is 0.810. The quantitative estimate of drug-likeness (QED) is 0.692. The molecular formula is C21H31FO2. The van der Waals surface area contributed by atoms with Crippen LogP contribution in [0, 0.1) is 28.6 Å². The summed E-state index contributed by atoms with van der Waals surface area (Å²) in [5, 5.41) is 19.3. The van der Waals surface area contributed by atoms with E-state index in [9.17, 15) is 14.6 Å². The molecule has 3 fully saturated rings. The highest BCUT2D eigenvalue weighted by Gasteiger charge is 2.57. The highest BCUT2D eigenvalue weighted by atomic mass is 19.1. The van der Waals surface area contributed by atoms with Gasteiger partial charge in [0.2, 0.25) is 0 Å². The normalized spacial score (nSPS) is 49.8. The van der Waals surface area contributed by atoms with Gasteiger partial charge in [0.25, 0.3) is 0 Å². The van der Waals surface area contributed by atoms with Crippen molar-refractivity contribution in [2.45, 2.75) is 71.3 Å². The van der Waals surface area contributed by atoms with Gasteiger partial charge in [-0.3, -0.25) is 0 Å². The van der Waals surface area contributed by atoms with Gasteiger partial charge in [-0.2, -0.15) is 0 Å². The standard InChI is InChI=1S/C21H31FO2/c1-20-9-7-14(24)11-13(20)3-4-15-16-5-6-18(19(22)12-23)21(16,2)10-8-17(15)20/h3,14-17,23-24H,4-12H2,1-2H3/b19-18+. The predicted octanol–water partition coefficient (Wildman–Crippen LogP) is 4.53. The van der Waals surface area contributed by atoms with E-state index in [1.807, 2.05) is 0 Å². The fourth-order valence-corrected chi connectivity index (χ4v) is 7.00. The lowest BCUT2D eigenvalue weighted by molar-refractivity contribution is -0.0274. The van der Waals surface area contributed by atoms with E-state index in [0.29, 0.717) is 17.8 Å². The molecule has 0 amide bonds. The molecule has 0 aromatic rings. The molecule has 24 heavy (non-hydrogen) atoms. The Morgan fingerprint density at radius 2 is 1.88 bits per heavy atom. The highest BCUT2D eigenvalue weighted by Crippen LogP contribution is 2.66. The lowest BCUT2D eigenvalue weighted by Gasteiger charge is -2.57. The summed E-state index contributed by atoms with van der Waals surface area (Å²) < 4.78 is 14.3. The number of halogens is 1. The molecule has 3 saturated carbocycles. The maximum atomic E-state index is 14.3. The second-order valence-corrected chi connectivity index (χ2v) is 9.19. The third kappa shape index (κ3) is 2.20. The van der Waals surface area contributed by atoms with Gasteiger partial charge in [0.1, 0.15) is 5.83 Å². The molecule has 0 aliphatic heterocycles. The Hall–Kier alpha value is -0.670. The first-order chi connectivity index (χ1) is 11.4. The van der Waals surface area contributed by atoms with E-state index in [-0.39, 0.29) is 22.8 Å². The molecule has 0 aromatic heterocycles. The first kappa shape index (κ1) is 16.8. The van der Waals surface area contributed by atoms with Crippen LogP contribution in [0.15, 0.2) is 23.0 Å². The summed E-state index contributed by atoms with van der Waals surface area (Å²) in [6, 6.07) is 0. The van der Waals surface area contributed by atoms with E-state index in [1.54, 1.807) is 0 Å². The van der Waals surface area contributed by atoms with E-state index in [1.165, 1.54) is 5.57 Å². The summed E-state index contributed by atoms with van der Waals surface area (Å²) in [7, 11) is 0. The molecule has 134 valence electrons. The van der Waals surface area contributed by atoms with Gasteiger partial charge in [0.05, 0.1) is 12.7 Å². The van der Waals surface area contributed by atoms with E-state index in [0.717, 1.165) is 56.9 Å². The third-order valence-electron chi connectivity index (χ3n) is 8.33. The van der Waals surface area contributed by atoms with Crippen molar-refractivity contribution in [3.8, 4) is 0 Å². The fourth-order valence-electron chi connectivity index (χ4n) is 7.00. The molecule has 4 aliphatic rings. The zero-order valence-corrected chi connectivity index (χ0v) is 15.0. The number of aliphatic hydroxyl groups is 2. The minimum absolute atomic E-state index is 0.0517. The Kier molecular flexibility index (Phi) is 3.96. The van der Waals surface area contributed by atoms with E-state index >= 15 is 0 Å². The zero-order chi connectivity index (χ0) is 17.1. The first-order valence-electron chi connectivity index (χ1n) is 9.76. The van der Waals surface area contributed by atoms with Crippen molar-refractivity contribution in [1.29, 1.82) is 0 Å². The summed E-state index contributed by atoms with van der Waals surface area (Å²) in [6.07, 6.45) is 10.3. The second-order valence-electron chi connectivity index (χ2n) is 9.19. The number of allylic oxidation sites excluding steroid dienone is 2. The summed E-state index contributed by atoms with van der Waals surface area (Å²) in [6.45, 7) is 4.23. The second kappa shape index (κ2) is 5.67. The molecule has 2 nitrogen and oxygen atoms in total. The smallest absolute Gasteiger partial charge is 0.125 e.